The summed E-state index contributed by atoms with van der Waals surface area (Å²) in [6, 6.07) is 0. The minimum absolute atomic E-state index is 0.0884. The van der Waals surface area contributed by atoms with Crippen LogP contribution < -0.4 is 0 Å². The molecule has 6 heteroatoms. The van der Waals surface area contributed by atoms with Crippen LogP contribution in [0.3, 0.4) is 0 Å². The normalized spacial score (nSPS) is 13.0. The standard InChI is InChI=1S/C72H118O6/c1-4-7-10-13-16-19-22-24-26-28-30-32-33-34-35-36-37-38-39-41-42-44-46-48-50-53-56-59-62-65-71(74)77-68-69(67-76-70(73)64-61-58-55-52-21-18-15-12-9-6-3)78-72(75)66-63-60-57-54-51-49-47-45-43-40-31-29-27-25-23-20-17-14-11-8-5-2/h7-8,10-11,16-17,19-20,24-27,30-32,34-35,37-38,40,45,47,69H,4-6,9,12-15,18,21-23,28-29,33,36,39,41-44,46,48-68H2,1-3H3/b10-7-,11-8-,19-16-,20-17-,26-24-,27-25-,32-30-,35-34-,38-37-,40-31-,47-45-. The van der Waals surface area contributed by atoms with Gasteiger partial charge >= 0.3 is 17.9 Å². The van der Waals surface area contributed by atoms with Gasteiger partial charge in [-0.3, -0.25) is 14.4 Å². The Kier molecular flexibility index (Phi) is 61.4. The molecule has 0 spiro atoms. The van der Waals surface area contributed by atoms with Crippen LogP contribution >= 0.6 is 0 Å². The molecule has 1 atom stereocenters. The molecule has 1 unspecified atom stereocenters. The van der Waals surface area contributed by atoms with E-state index in [1.54, 1.807) is 0 Å². The van der Waals surface area contributed by atoms with E-state index in [-0.39, 0.29) is 31.1 Å². The lowest BCUT2D eigenvalue weighted by molar-refractivity contribution is -0.167. The number of carbonyl (C=O) groups excluding carboxylic acids is 3. The zero-order valence-electron chi connectivity index (χ0n) is 50.6. The molecule has 0 heterocycles. The lowest BCUT2D eigenvalue weighted by Crippen LogP contribution is -2.30. The Morgan fingerprint density at radius 3 is 0.782 bits per heavy atom. The van der Waals surface area contributed by atoms with Gasteiger partial charge in [-0.05, 0) is 116 Å². The van der Waals surface area contributed by atoms with Crippen LogP contribution in [-0.4, -0.2) is 37.2 Å². The quantitative estimate of drug-likeness (QED) is 0.0261. The maximum atomic E-state index is 12.9. The van der Waals surface area contributed by atoms with Gasteiger partial charge in [0.05, 0.1) is 0 Å². The number of rotatable bonds is 57. The molecule has 0 rings (SSSR count). The van der Waals surface area contributed by atoms with Crippen molar-refractivity contribution in [2.45, 2.75) is 290 Å². The third kappa shape index (κ3) is 62.4. The molecule has 0 aliphatic heterocycles. The molecule has 78 heavy (non-hydrogen) atoms. The molecule has 0 fully saturated rings. The van der Waals surface area contributed by atoms with E-state index in [0.29, 0.717) is 19.3 Å². The third-order valence-electron chi connectivity index (χ3n) is 13.4. The number of hydrogen-bond donors (Lipinski definition) is 0. The summed E-state index contributed by atoms with van der Waals surface area (Å²) >= 11 is 0. The van der Waals surface area contributed by atoms with Crippen molar-refractivity contribution in [3.8, 4) is 0 Å². The first-order valence-electron chi connectivity index (χ1n) is 32.2. The van der Waals surface area contributed by atoms with Crippen molar-refractivity contribution in [2.75, 3.05) is 13.2 Å². The van der Waals surface area contributed by atoms with E-state index in [0.717, 1.165) is 148 Å². The maximum absolute atomic E-state index is 12.9. The van der Waals surface area contributed by atoms with Crippen LogP contribution in [0.4, 0.5) is 0 Å². The summed E-state index contributed by atoms with van der Waals surface area (Å²) in [7, 11) is 0. The minimum atomic E-state index is -0.793. The third-order valence-corrected chi connectivity index (χ3v) is 13.4. The van der Waals surface area contributed by atoms with E-state index >= 15 is 0 Å². The second-order valence-corrected chi connectivity index (χ2v) is 20.9. The molecule has 0 saturated carbocycles. The summed E-state index contributed by atoms with van der Waals surface area (Å²) in [6.45, 7) is 6.39. The highest BCUT2D eigenvalue weighted by molar-refractivity contribution is 5.71. The van der Waals surface area contributed by atoms with Crippen molar-refractivity contribution >= 4 is 17.9 Å². The van der Waals surface area contributed by atoms with Crippen molar-refractivity contribution < 1.29 is 28.6 Å². The molecular weight excluding hydrogens is 961 g/mol. The Morgan fingerprint density at radius 1 is 0.269 bits per heavy atom. The first-order chi connectivity index (χ1) is 38.5. The average Bonchev–Trinajstić information content (AvgIpc) is 3.44. The van der Waals surface area contributed by atoms with Gasteiger partial charge in [-0.2, -0.15) is 0 Å². The number of allylic oxidation sites excluding steroid dienone is 22. The molecule has 442 valence electrons. The number of unbranched alkanes of at least 4 members (excludes halogenated alkanes) is 24. The molecule has 0 N–H and O–H groups in total. The van der Waals surface area contributed by atoms with E-state index in [1.807, 2.05) is 0 Å². The first kappa shape index (κ1) is 73.5. The van der Waals surface area contributed by atoms with Gasteiger partial charge in [0.2, 0.25) is 0 Å². The zero-order chi connectivity index (χ0) is 56.4. The fraction of sp³-hybridized carbons (Fsp3) is 0.653. The van der Waals surface area contributed by atoms with Crippen LogP contribution in [0.25, 0.3) is 0 Å². The van der Waals surface area contributed by atoms with E-state index < -0.39 is 6.10 Å². The van der Waals surface area contributed by atoms with Crippen LogP contribution in [0.1, 0.15) is 284 Å². The van der Waals surface area contributed by atoms with Gasteiger partial charge in [0.15, 0.2) is 6.10 Å². The molecule has 0 bridgehead atoms. The van der Waals surface area contributed by atoms with Gasteiger partial charge in [-0.25, -0.2) is 0 Å². The van der Waals surface area contributed by atoms with Gasteiger partial charge in [0.25, 0.3) is 0 Å². The van der Waals surface area contributed by atoms with E-state index in [9.17, 15) is 14.4 Å². The molecular formula is C72H118O6. The second kappa shape index (κ2) is 65.1. The summed E-state index contributed by atoms with van der Waals surface area (Å²) in [5.41, 5.74) is 0. The molecule has 0 aliphatic carbocycles. The van der Waals surface area contributed by atoms with E-state index in [4.69, 9.17) is 14.2 Å². The van der Waals surface area contributed by atoms with Crippen molar-refractivity contribution in [1.82, 2.24) is 0 Å². The lowest BCUT2D eigenvalue weighted by Gasteiger charge is -2.18. The second-order valence-electron chi connectivity index (χ2n) is 20.9. The van der Waals surface area contributed by atoms with Crippen molar-refractivity contribution in [3.63, 3.8) is 0 Å². The lowest BCUT2D eigenvalue weighted by atomic mass is 10.1. The summed E-state index contributed by atoms with van der Waals surface area (Å²) in [5.74, 6) is -0.911. The van der Waals surface area contributed by atoms with E-state index in [2.05, 4.69) is 154 Å². The predicted octanol–water partition coefficient (Wildman–Crippen LogP) is 22.2. The Labute approximate surface area is 481 Å². The van der Waals surface area contributed by atoms with Gasteiger partial charge in [-0.15, -0.1) is 0 Å². The van der Waals surface area contributed by atoms with Gasteiger partial charge in [-0.1, -0.05) is 283 Å². The van der Waals surface area contributed by atoms with Crippen LogP contribution in [0.5, 0.6) is 0 Å². The van der Waals surface area contributed by atoms with Crippen molar-refractivity contribution in [3.05, 3.63) is 134 Å². The summed E-state index contributed by atoms with van der Waals surface area (Å²) in [4.78, 5) is 38.2. The van der Waals surface area contributed by atoms with Crippen LogP contribution in [0, 0.1) is 0 Å². The SMILES string of the molecule is CC/C=C\C/C=C\C/C=C\C/C=C\C/C=C\C/C=C\CCCCCCCCCCCCC(=O)OCC(COC(=O)CCCCCCCCCCCC)OC(=O)CCCCCCC/C=C\C/C=C\C/C=C\C/C=C\C/C=C\CC. The van der Waals surface area contributed by atoms with Crippen LogP contribution in [0.2, 0.25) is 0 Å². The Hall–Kier alpha value is -4.45. The molecule has 0 aromatic heterocycles. The van der Waals surface area contributed by atoms with Gasteiger partial charge < -0.3 is 14.2 Å². The topological polar surface area (TPSA) is 78.9 Å². The molecule has 0 saturated heterocycles. The highest BCUT2D eigenvalue weighted by Crippen LogP contribution is 2.15. The molecule has 0 aromatic carbocycles. The summed E-state index contributed by atoms with van der Waals surface area (Å²) in [6.07, 6.45) is 91.7. The zero-order valence-corrected chi connectivity index (χ0v) is 50.6. The summed E-state index contributed by atoms with van der Waals surface area (Å²) in [5, 5.41) is 0. The minimum Gasteiger partial charge on any atom is -0.462 e. The summed E-state index contributed by atoms with van der Waals surface area (Å²) < 4.78 is 16.9. The number of esters is 3. The van der Waals surface area contributed by atoms with Crippen LogP contribution in [0.15, 0.2) is 134 Å². The van der Waals surface area contributed by atoms with E-state index in [1.165, 1.54) is 96.3 Å². The number of carbonyl (C=O) groups is 3. The first-order valence-corrected chi connectivity index (χ1v) is 32.2. The Bertz CT molecular complexity index is 1670. The molecule has 6 nitrogen and oxygen atoms in total. The van der Waals surface area contributed by atoms with Gasteiger partial charge in [0.1, 0.15) is 13.2 Å². The Morgan fingerprint density at radius 2 is 0.500 bits per heavy atom. The Balaban J connectivity index is 4.29. The monoisotopic (exact) mass is 1080 g/mol. The largest absolute Gasteiger partial charge is 0.462 e. The maximum Gasteiger partial charge on any atom is 0.306 e. The fourth-order valence-corrected chi connectivity index (χ4v) is 8.65. The van der Waals surface area contributed by atoms with Crippen molar-refractivity contribution in [1.29, 1.82) is 0 Å². The fourth-order valence-electron chi connectivity index (χ4n) is 8.65. The highest BCUT2D eigenvalue weighted by Gasteiger charge is 2.19. The molecule has 0 radical (unpaired) electrons. The molecule has 0 aliphatic rings. The molecule has 0 aromatic rings. The van der Waals surface area contributed by atoms with Crippen LogP contribution in [-0.2, 0) is 28.6 Å². The predicted molar refractivity (Wildman–Crippen MR) is 339 cm³/mol. The number of ether oxygens (including phenoxy) is 3. The molecule has 0 amide bonds. The van der Waals surface area contributed by atoms with Gasteiger partial charge in [0, 0.05) is 19.3 Å². The highest BCUT2D eigenvalue weighted by atomic mass is 16.6. The average molecular weight is 1080 g/mol. The van der Waals surface area contributed by atoms with Crippen molar-refractivity contribution in [2.24, 2.45) is 0 Å². The number of hydrogen-bond acceptors (Lipinski definition) is 6. The smallest absolute Gasteiger partial charge is 0.306 e.